The summed E-state index contributed by atoms with van der Waals surface area (Å²) in [5, 5.41) is 2.91. The number of likely N-dealkylation sites (tertiary alicyclic amines) is 1. The second kappa shape index (κ2) is 11.0. The van der Waals surface area contributed by atoms with Crippen LogP contribution in [0.15, 0.2) is 53.4 Å². The maximum atomic E-state index is 12.7. The first-order valence-corrected chi connectivity index (χ1v) is 13.6. The Kier molecular flexibility index (Phi) is 8.40. The minimum absolute atomic E-state index is 0.245. The third-order valence-corrected chi connectivity index (χ3v) is 7.33. The number of hydrogen-bond donors (Lipinski definition) is 1. The van der Waals surface area contributed by atoms with E-state index in [1.165, 1.54) is 36.6 Å². The van der Waals surface area contributed by atoms with Crippen molar-refractivity contribution >= 4 is 33.4 Å². The molecule has 6 nitrogen and oxygen atoms in total. The van der Waals surface area contributed by atoms with Gasteiger partial charge in [-0.05, 0) is 61.5 Å². The highest BCUT2D eigenvalue weighted by Gasteiger charge is 2.21. The third-order valence-electron chi connectivity index (χ3n) is 5.47. The standard InChI is InChI=1S/C23H31N3O3S2/c1-30-22-12-8-11-21(15-22)26(31(2,28)29)18-23(27)24-16-19-9-4-5-10-20(19)17-25-13-6-3-7-14-25/h4-5,8-12,15H,3,6-7,13-14,16-18H2,1-2H3,(H,24,27). The predicted molar refractivity (Wildman–Crippen MR) is 128 cm³/mol. The van der Waals surface area contributed by atoms with Crippen molar-refractivity contribution in [1.82, 2.24) is 10.2 Å². The molecule has 1 N–H and O–H groups in total. The summed E-state index contributed by atoms with van der Waals surface area (Å²) in [6, 6.07) is 15.3. The Bertz CT molecular complexity index is 989. The normalized spacial score (nSPS) is 14.9. The molecule has 0 atom stereocenters. The lowest BCUT2D eigenvalue weighted by atomic mass is 10.0. The van der Waals surface area contributed by atoms with Crippen LogP contribution in [0.1, 0.15) is 30.4 Å². The molecule has 8 heteroatoms. The van der Waals surface area contributed by atoms with E-state index in [4.69, 9.17) is 0 Å². The van der Waals surface area contributed by atoms with Crippen LogP contribution in [0.4, 0.5) is 5.69 Å². The molecule has 2 aromatic rings. The number of nitrogens with zero attached hydrogens (tertiary/aromatic N) is 2. The van der Waals surface area contributed by atoms with Crippen molar-refractivity contribution in [3.05, 3.63) is 59.7 Å². The number of piperidine rings is 1. The van der Waals surface area contributed by atoms with Gasteiger partial charge in [-0.25, -0.2) is 8.42 Å². The van der Waals surface area contributed by atoms with Gasteiger partial charge in [0, 0.05) is 18.0 Å². The van der Waals surface area contributed by atoms with E-state index in [2.05, 4.69) is 16.3 Å². The van der Waals surface area contributed by atoms with Crippen LogP contribution in [0, 0.1) is 0 Å². The van der Waals surface area contributed by atoms with Gasteiger partial charge < -0.3 is 5.32 Å². The maximum absolute atomic E-state index is 12.7. The summed E-state index contributed by atoms with van der Waals surface area (Å²) in [5.41, 5.74) is 2.77. The smallest absolute Gasteiger partial charge is 0.241 e. The monoisotopic (exact) mass is 461 g/mol. The summed E-state index contributed by atoms with van der Waals surface area (Å²) in [4.78, 5) is 16.1. The van der Waals surface area contributed by atoms with E-state index in [1.54, 1.807) is 18.2 Å². The predicted octanol–water partition coefficient (Wildman–Crippen LogP) is 3.48. The number of benzene rings is 2. The molecule has 0 spiro atoms. The Hall–Kier alpha value is -2.03. The highest BCUT2D eigenvalue weighted by Crippen LogP contribution is 2.24. The van der Waals surface area contributed by atoms with E-state index >= 15 is 0 Å². The average molecular weight is 462 g/mol. The van der Waals surface area contributed by atoms with Crippen LogP contribution in [-0.2, 0) is 27.9 Å². The summed E-state index contributed by atoms with van der Waals surface area (Å²) in [6.07, 6.45) is 6.82. The Morgan fingerprint density at radius 1 is 1.06 bits per heavy atom. The SMILES string of the molecule is CSc1cccc(N(CC(=O)NCc2ccccc2CN2CCCCC2)S(C)(=O)=O)c1. The van der Waals surface area contributed by atoms with Gasteiger partial charge in [0.15, 0.2) is 0 Å². The van der Waals surface area contributed by atoms with Crippen LogP contribution in [0.5, 0.6) is 0 Å². The largest absolute Gasteiger partial charge is 0.350 e. The molecule has 3 rings (SSSR count). The van der Waals surface area contributed by atoms with E-state index in [9.17, 15) is 13.2 Å². The quantitative estimate of drug-likeness (QED) is 0.579. The molecule has 0 aromatic heterocycles. The minimum Gasteiger partial charge on any atom is -0.350 e. The number of anilines is 1. The molecule has 0 bridgehead atoms. The van der Waals surface area contributed by atoms with Crippen LogP contribution < -0.4 is 9.62 Å². The van der Waals surface area contributed by atoms with Gasteiger partial charge in [-0.15, -0.1) is 11.8 Å². The van der Waals surface area contributed by atoms with Crippen molar-refractivity contribution in [2.24, 2.45) is 0 Å². The van der Waals surface area contributed by atoms with Crippen molar-refractivity contribution in [3.63, 3.8) is 0 Å². The first-order chi connectivity index (χ1) is 14.9. The van der Waals surface area contributed by atoms with Crippen LogP contribution in [0.25, 0.3) is 0 Å². The second-order valence-corrected chi connectivity index (χ2v) is 10.6. The van der Waals surface area contributed by atoms with Gasteiger partial charge >= 0.3 is 0 Å². The molecule has 31 heavy (non-hydrogen) atoms. The molecule has 1 aliphatic rings. The summed E-state index contributed by atoms with van der Waals surface area (Å²) >= 11 is 1.53. The van der Waals surface area contributed by atoms with Gasteiger partial charge in [0.05, 0.1) is 11.9 Å². The average Bonchev–Trinajstić information content (AvgIpc) is 2.77. The van der Waals surface area contributed by atoms with E-state index in [0.29, 0.717) is 12.2 Å². The van der Waals surface area contributed by atoms with E-state index < -0.39 is 10.0 Å². The second-order valence-electron chi connectivity index (χ2n) is 7.85. The molecule has 0 unspecified atom stereocenters. The fourth-order valence-corrected chi connectivity index (χ4v) is 5.09. The topological polar surface area (TPSA) is 69.7 Å². The lowest BCUT2D eigenvalue weighted by Gasteiger charge is -2.27. The van der Waals surface area contributed by atoms with Gasteiger partial charge in [0.1, 0.15) is 6.54 Å². The molecule has 168 valence electrons. The highest BCUT2D eigenvalue weighted by atomic mass is 32.2. The lowest BCUT2D eigenvalue weighted by Crippen LogP contribution is -2.40. The minimum atomic E-state index is -3.59. The fourth-order valence-electron chi connectivity index (χ4n) is 3.79. The number of sulfonamides is 1. The number of carbonyl (C=O) groups excluding carboxylic acids is 1. The molecule has 1 saturated heterocycles. The summed E-state index contributed by atoms with van der Waals surface area (Å²) in [5.74, 6) is -0.326. The molecule has 0 aliphatic carbocycles. The summed E-state index contributed by atoms with van der Waals surface area (Å²) < 4.78 is 25.9. The molecular weight excluding hydrogens is 430 g/mol. The van der Waals surface area contributed by atoms with Gasteiger partial charge in [-0.1, -0.05) is 36.8 Å². The molecular formula is C23H31N3O3S2. The maximum Gasteiger partial charge on any atom is 0.241 e. The van der Waals surface area contributed by atoms with E-state index in [1.807, 2.05) is 30.5 Å². The van der Waals surface area contributed by atoms with Crippen molar-refractivity contribution < 1.29 is 13.2 Å². The zero-order valence-corrected chi connectivity index (χ0v) is 19.8. The molecule has 1 aliphatic heterocycles. The Morgan fingerprint density at radius 3 is 2.45 bits per heavy atom. The number of nitrogens with one attached hydrogen (secondary N) is 1. The van der Waals surface area contributed by atoms with Gasteiger partial charge in [0.25, 0.3) is 0 Å². The molecule has 2 aromatic carbocycles. The lowest BCUT2D eigenvalue weighted by molar-refractivity contribution is -0.119. The summed E-state index contributed by atoms with van der Waals surface area (Å²) in [6.45, 7) is 3.23. The Morgan fingerprint density at radius 2 is 1.77 bits per heavy atom. The molecule has 0 saturated carbocycles. The molecule has 1 amide bonds. The molecule has 1 fully saturated rings. The number of hydrogen-bond acceptors (Lipinski definition) is 5. The number of thioether (sulfide) groups is 1. The van der Waals surface area contributed by atoms with Crippen LogP contribution in [0.2, 0.25) is 0 Å². The van der Waals surface area contributed by atoms with Gasteiger partial charge in [0.2, 0.25) is 15.9 Å². The van der Waals surface area contributed by atoms with Crippen molar-refractivity contribution in [2.45, 2.75) is 37.2 Å². The highest BCUT2D eigenvalue weighted by molar-refractivity contribution is 7.98. The Balaban J connectivity index is 1.65. The van der Waals surface area contributed by atoms with E-state index in [-0.39, 0.29) is 12.5 Å². The molecule has 0 radical (unpaired) electrons. The van der Waals surface area contributed by atoms with Crippen LogP contribution in [-0.4, -0.2) is 51.4 Å². The van der Waals surface area contributed by atoms with Crippen molar-refractivity contribution in [3.8, 4) is 0 Å². The van der Waals surface area contributed by atoms with Crippen LogP contribution in [0.3, 0.4) is 0 Å². The number of amides is 1. The van der Waals surface area contributed by atoms with Crippen molar-refractivity contribution in [2.75, 3.05) is 36.5 Å². The van der Waals surface area contributed by atoms with Gasteiger partial charge in [-0.2, -0.15) is 0 Å². The fraction of sp³-hybridized carbons (Fsp3) is 0.435. The van der Waals surface area contributed by atoms with E-state index in [0.717, 1.165) is 40.7 Å². The van der Waals surface area contributed by atoms with Crippen LogP contribution >= 0.6 is 11.8 Å². The first kappa shape index (κ1) is 23.6. The Labute approximate surface area is 190 Å². The number of carbonyl (C=O) groups is 1. The van der Waals surface area contributed by atoms with Crippen molar-refractivity contribution in [1.29, 1.82) is 0 Å². The third kappa shape index (κ3) is 6.98. The van der Waals surface area contributed by atoms with Gasteiger partial charge in [-0.3, -0.25) is 14.0 Å². The first-order valence-electron chi connectivity index (χ1n) is 10.5. The zero-order valence-electron chi connectivity index (χ0n) is 18.2. The number of rotatable bonds is 9. The molecule has 1 heterocycles. The summed E-state index contributed by atoms with van der Waals surface area (Å²) in [7, 11) is -3.59. The zero-order chi connectivity index (χ0) is 22.3.